The van der Waals surface area contributed by atoms with Gasteiger partial charge in [-0.15, -0.1) is 0 Å². The Morgan fingerprint density at radius 3 is 2.42 bits per heavy atom. The van der Waals surface area contributed by atoms with Crippen LogP contribution in [-0.4, -0.2) is 76.7 Å². The Balaban J connectivity index is 1.14. The van der Waals surface area contributed by atoms with Gasteiger partial charge in [-0.25, -0.2) is 4.79 Å². The molecular weight excluding hydrogens is 479 g/mol. The fraction of sp³-hybridized carbons (Fsp3) is 0.417. The zero-order chi connectivity index (χ0) is 25.4. The minimum atomic E-state index is -4.55. The lowest BCUT2D eigenvalue weighted by molar-refractivity contribution is -0.216. The third-order valence-corrected chi connectivity index (χ3v) is 6.74. The number of halogens is 3. The first-order valence-corrected chi connectivity index (χ1v) is 11.4. The molecule has 2 amide bonds. The summed E-state index contributed by atoms with van der Waals surface area (Å²) >= 11 is 0. The molecule has 2 aliphatic rings. The molecule has 0 aliphatic carbocycles. The SMILES string of the molecule is COC(c1cccc(COC(=O)N2CC3CN(C(=O)c4ccc5n[nH]nc5c4)CC3C2)c1)C(F)(F)F. The van der Waals surface area contributed by atoms with E-state index in [0.717, 1.165) is 7.11 Å². The van der Waals surface area contributed by atoms with Crippen molar-refractivity contribution in [1.29, 1.82) is 0 Å². The number of aromatic amines is 1. The van der Waals surface area contributed by atoms with Crippen LogP contribution in [0.1, 0.15) is 27.6 Å². The Hall–Kier alpha value is -3.67. The smallest absolute Gasteiger partial charge is 0.418 e. The Bertz CT molecular complexity index is 1270. The second-order valence-corrected chi connectivity index (χ2v) is 9.12. The highest BCUT2D eigenvalue weighted by atomic mass is 19.4. The number of hydrogen-bond donors (Lipinski definition) is 1. The predicted octanol–water partition coefficient (Wildman–Crippen LogP) is 3.55. The van der Waals surface area contributed by atoms with Crippen molar-refractivity contribution in [3.8, 4) is 0 Å². The van der Waals surface area contributed by atoms with Gasteiger partial charge in [0.15, 0.2) is 6.10 Å². The minimum absolute atomic E-state index is 0.0540. The summed E-state index contributed by atoms with van der Waals surface area (Å²) in [5.41, 5.74) is 2.23. The van der Waals surface area contributed by atoms with Gasteiger partial charge in [0, 0.05) is 50.7 Å². The van der Waals surface area contributed by atoms with E-state index in [4.69, 9.17) is 4.74 Å². The number of hydrogen-bond acceptors (Lipinski definition) is 6. The van der Waals surface area contributed by atoms with E-state index in [1.807, 2.05) is 0 Å². The van der Waals surface area contributed by atoms with Gasteiger partial charge in [-0.3, -0.25) is 4.79 Å². The summed E-state index contributed by atoms with van der Waals surface area (Å²) < 4.78 is 49.4. The molecule has 3 aromatic rings. The monoisotopic (exact) mass is 503 g/mol. The highest BCUT2D eigenvalue weighted by Crippen LogP contribution is 2.36. The first kappa shape index (κ1) is 24.0. The molecule has 2 fully saturated rings. The average Bonchev–Trinajstić information content (AvgIpc) is 3.56. The number of likely N-dealkylation sites (tertiary alicyclic amines) is 2. The second kappa shape index (κ2) is 9.41. The summed E-state index contributed by atoms with van der Waals surface area (Å²) in [6, 6.07) is 10.9. The maximum Gasteiger partial charge on any atom is 0.418 e. The highest BCUT2D eigenvalue weighted by Gasteiger charge is 2.44. The molecule has 0 spiro atoms. The molecule has 3 unspecified atom stereocenters. The van der Waals surface area contributed by atoms with Crippen molar-refractivity contribution in [2.24, 2.45) is 11.8 Å². The zero-order valence-electron chi connectivity index (χ0n) is 19.4. The van der Waals surface area contributed by atoms with Gasteiger partial charge in [-0.05, 0) is 35.4 Å². The van der Waals surface area contributed by atoms with Crippen LogP contribution in [0.5, 0.6) is 0 Å². The molecule has 2 aromatic carbocycles. The summed E-state index contributed by atoms with van der Waals surface area (Å²) in [7, 11) is 0.999. The van der Waals surface area contributed by atoms with E-state index in [1.165, 1.54) is 18.2 Å². The third kappa shape index (κ3) is 4.72. The second-order valence-electron chi connectivity index (χ2n) is 9.12. The highest BCUT2D eigenvalue weighted by molar-refractivity contribution is 5.97. The van der Waals surface area contributed by atoms with Gasteiger partial charge in [-0.2, -0.15) is 28.6 Å². The number of carbonyl (C=O) groups excluding carboxylic acids is 2. The molecule has 0 saturated carbocycles. The van der Waals surface area contributed by atoms with E-state index in [2.05, 4.69) is 20.1 Å². The normalized spacial score (nSPS) is 20.6. The molecule has 3 heterocycles. The van der Waals surface area contributed by atoms with Gasteiger partial charge in [-0.1, -0.05) is 18.2 Å². The van der Waals surface area contributed by atoms with Crippen molar-refractivity contribution in [3.05, 3.63) is 59.2 Å². The molecular formula is C24H24F3N5O4. The van der Waals surface area contributed by atoms with E-state index in [-0.39, 0.29) is 29.9 Å². The van der Waals surface area contributed by atoms with E-state index in [0.29, 0.717) is 48.3 Å². The topological polar surface area (TPSA) is 101 Å². The average molecular weight is 503 g/mol. The lowest BCUT2D eigenvalue weighted by Gasteiger charge is -2.22. The number of amides is 2. The van der Waals surface area contributed by atoms with Crippen molar-refractivity contribution in [1.82, 2.24) is 25.2 Å². The molecule has 1 N–H and O–H groups in total. The molecule has 0 radical (unpaired) electrons. The summed E-state index contributed by atoms with van der Waals surface area (Å²) in [5, 5.41) is 10.5. The molecule has 12 heteroatoms. The van der Waals surface area contributed by atoms with Crippen LogP contribution in [-0.2, 0) is 16.1 Å². The molecule has 190 valence electrons. The number of carbonyl (C=O) groups is 2. The van der Waals surface area contributed by atoms with E-state index < -0.39 is 18.4 Å². The number of nitrogens with zero attached hydrogens (tertiary/aromatic N) is 4. The largest absolute Gasteiger partial charge is 0.445 e. The number of aromatic nitrogens is 3. The van der Waals surface area contributed by atoms with E-state index in [9.17, 15) is 22.8 Å². The van der Waals surface area contributed by atoms with Gasteiger partial charge < -0.3 is 19.3 Å². The first-order chi connectivity index (χ1) is 17.2. The minimum Gasteiger partial charge on any atom is -0.445 e. The zero-order valence-corrected chi connectivity index (χ0v) is 19.4. The van der Waals surface area contributed by atoms with Crippen molar-refractivity contribution in [2.45, 2.75) is 18.9 Å². The standard InChI is InChI=1S/C24H24F3N5O4/c1-35-21(24(25,26)27)15-4-2-3-14(7-15)13-36-23(34)32-11-17-9-31(10-18(17)12-32)22(33)16-5-6-19-20(8-16)29-30-28-19/h2-8,17-18,21H,9-13H2,1H3,(H,28,29,30). The number of rotatable bonds is 5. The van der Waals surface area contributed by atoms with Gasteiger partial charge in [0.05, 0.1) is 0 Å². The summed E-state index contributed by atoms with van der Waals surface area (Å²) in [6.45, 7) is 1.82. The quantitative estimate of drug-likeness (QED) is 0.572. The van der Waals surface area contributed by atoms with Crippen LogP contribution in [0.3, 0.4) is 0 Å². The third-order valence-electron chi connectivity index (χ3n) is 6.74. The van der Waals surface area contributed by atoms with Crippen molar-refractivity contribution in [2.75, 3.05) is 33.3 Å². The molecule has 3 atom stereocenters. The van der Waals surface area contributed by atoms with Crippen LogP contribution in [0.15, 0.2) is 42.5 Å². The number of nitrogens with one attached hydrogen (secondary N) is 1. The molecule has 2 saturated heterocycles. The maximum absolute atomic E-state index is 13.1. The van der Waals surface area contributed by atoms with Crippen LogP contribution < -0.4 is 0 Å². The van der Waals surface area contributed by atoms with Crippen LogP contribution >= 0.6 is 0 Å². The van der Waals surface area contributed by atoms with E-state index >= 15 is 0 Å². The van der Waals surface area contributed by atoms with Gasteiger partial charge in [0.1, 0.15) is 17.6 Å². The first-order valence-electron chi connectivity index (χ1n) is 11.4. The Morgan fingerprint density at radius 2 is 1.72 bits per heavy atom. The molecule has 9 nitrogen and oxygen atoms in total. The van der Waals surface area contributed by atoms with Crippen LogP contribution in [0.4, 0.5) is 18.0 Å². The number of alkyl halides is 3. The fourth-order valence-electron chi connectivity index (χ4n) is 5.00. The van der Waals surface area contributed by atoms with Gasteiger partial charge >= 0.3 is 12.3 Å². The lowest BCUT2D eigenvalue weighted by Crippen LogP contribution is -2.35. The van der Waals surface area contributed by atoms with Gasteiger partial charge in [0.25, 0.3) is 5.91 Å². The number of fused-ring (bicyclic) bond motifs is 2. The fourth-order valence-corrected chi connectivity index (χ4v) is 5.00. The van der Waals surface area contributed by atoms with Crippen LogP contribution in [0, 0.1) is 11.8 Å². The Labute approximate surface area is 204 Å². The van der Waals surface area contributed by atoms with Crippen molar-refractivity contribution in [3.63, 3.8) is 0 Å². The lowest BCUT2D eigenvalue weighted by atomic mass is 10.0. The molecule has 5 rings (SSSR count). The number of ether oxygens (including phenoxy) is 2. The Morgan fingerprint density at radius 1 is 1.03 bits per heavy atom. The Kier molecular flexibility index (Phi) is 6.29. The van der Waals surface area contributed by atoms with Crippen molar-refractivity contribution < 1.29 is 32.2 Å². The van der Waals surface area contributed by atoms with Crippen molar-refractivity contribution >= 4 is 23.0 Å². The van der Waals surface area contributed by atoms with Gasteiger partial charge in [0.2, 0.25) is 0 Å². The molecule has 0 bridgehead atoms. The molecule has 2 aliphatic heterocycles. The van der Waals surface area contributed by atoms with E-state index in [1.54, 1.807) is 34.1 Å². The maximum atomic E-state index is 13.1. The predicted molar refractivity (Wildman–Crippen MR) is 121 cm³/mol. The molecule has 1 aromatic heterocycles. The number of H-pyrrole nitrogens is 1. The number of methoxy groups -OCH3 is 1. The summed E-state index contributed by atoms with van der Waals surface area (Å²) in [6.07, 6.45) is -7.12. The number of benzene rings is 2. The summed E-state index contributed by atoms with van der Waals surface area (Å²) in [4.78, 5) is 29.0. The van der Waals surface area contributed by atoms with Crippen LogP contribution in [0.25, 0.3) is 11.0 Å². The molecule has 36 heavy (non-hydrogen) atoms. The summed E-state index contributed by atoms with van der Waals surface area (Å²) in [5.74, 6) is 0.182. The van der Waals surface area contributed by atoms with Crippen LogP contribution in [0.2, 0.25) is 0 Å².